The molecule has 3 heterocycles. The number of fused-ring (bicyclic) bond motifs is 1. The minimum atomic E-state index is -0.186. The number of rotatable bonds is 5. The summed E-state index contributed by atoms with van der Waals surface area (Å²) in [5.41, 5.74) is 2.27. The van der Waals surface area contributed by atoms with E-state index in [0.717, 1.165) is 56.3 Å². The minimum absolute atomic E-state index is 0.186. The molecule has 1 aromatic carbocycles. The maximum Gasteiger partial charge on any atom is 0.228 e. The van der Waals surface area contributed by atoms with Crippen molar-refractivity contribution >= 4 is 22.8 Å². The predicted molar refractivity (Wildman–Crippen MR) is 103 cm³/mol. The zero-order valence-electron chi connectivity index (χ0n) is 14.9. The van der Waals surface area contributed by atoms with Gasteiger partial charge in [0.2, 0.25) is 5.91 Å². The highest BCUT2D eigenvalue weighted by Gasteiger charge is 2.30. The van der Waals surface area contributed by atoms with Gasteiger partial charge in [0.25, 0.3) is 0 Å². The predicted octanol–water partition coefficient (Wildman–Crippen LogP) is 3.65. The van der Waals surface area contributed by atoms with Crippen molar-refractivity contribution in [1.82, 2.24) is 9.80 Å². The van der Waals surface area contributed by atoms with E-state index >= 15 is 0 Å². The van der Waals surface area contributed by atoms with E-state index in [0.29, 0.717) is 12.3 Å². The highest BCUT2D eigenvalue weighted by molar-refractivity contribution is 8.16. The van der Waals surface area contributed by atoms with Gasteiger partial charge in [-0.05, 0) is 54.7 Å². The van der Waals surface area contributed by atoms with E-state index in [1.54, 1.807) is 11.8 Å². The van der Waals surface area contributed by atoms with Crippen LogP contribution >= 0.6 is 11.8 Å². The molecule has 26 heavy (non-hydrogen) atoms. The highest BCUT2D eigenvalue weighted by atomic mass is 32.2. The molecule has 1 unspecified atom stereocenters. The zero-order chi connectivity index (χ0) is 17.9. The number of benzene rings is 1. The molecule has 0 saturated carbocycles. The first-order chi connectivity index (χ1) is 12.7. The number of thioether (sulfide) groups is 1. The Balaban J connectivity index is 1.28. The Morgan fingerprint density at radius 1 is 1.27 bits per heavy atom. The summed E-state index contributed by atoms with van der Waals surface area (Å²) in [6, 6.07) is 6.77. The first-order valence-corrected chi connectivity index (χ1v) is 10.3. The van der Waals surface area contributed by atoms with E-state index in [-0.39, 0.29) is 11.7 Å². The van der Waals surface area contributed by atoms with Crippen molar-refractivity contribution in [3.05, 3.63) is 46.8 Å². The lowest BCUT2D eigenvalue weighted by Gasteiger charge is -2.33. The second-order valence-electron chi connectivity index (χ2n) is 7.23. The molecule has 1 fully saturated rings. The number of carbonyl (C=O) groups excluding carboxylic acids is 1. The summed E-state index contributed by atoms with van der Waals surface area (Å²) >= 11 is 1.63. The van der Waals surface area contributed by atoms with E-state index in [9.17, 15) is 9.18 Å². The Bertz CT molecular complexity index is 731. The molecule has 1 aromatic rings. The molecule has 0 spiro atoms. The van der Waals surface area contributed by atoms with Crippen molar-refractivity contribution < 1.29 is 9.18 Å². The van der Waals surface area contributed by atoms with Gasteiger partial charge in [0, 0.05) is 25.3 Å². The van der Waals surface area contributed by atoms with Gasteiger partial charge in [-0.2, -0.15) is 0 Å². The molecule has 3 aliphatic rings. The number of amidine groups is 1. The number of aliphatic imine (C=N–C) groups is 1. The number of aryl methyl sites for hydroxylation is 1. The van der Waals surface area contributed by atoms with Crippen molar-refractivity contribution in [3.8, 4) is 0 Å². The van der Waals surface area contributed by atoms with Gasteiger partial charge in [-0.15, -0.1) is 0 Å². The fourth-order valence-corrected chi connectivity index (χ4v) is 4.88. The van der Waals surface area contributed by atoms with Crippen LogP contribution in [0.15, 0.2) is 40.4 Å². The third-order valence-corrected chi connectivity index (χ3v) is 6.36. The lowest BCUT2D eigenvalue weighted by atomic mass is 9.91. The van der Waals surface area contributed by atoms with E-state index in [2.05, 4.69) is 15.3 Å². The molecular weight excluding hydrogens is 349 g/mol. The summed E-state index contributed by atoms with van der Waals surface area (Å²) in [5, 5.41) is 3.12. The highest BCUT2D eigenvalue weighted by Crippen LogP contribution is 2.32. The van der Waals surface area contributed by atoms with Gasteiger partial charge in [0.15, 0.2) is 5.17 Å². The van der Waals surface area contributed by atoms with E-state index < -0.39 is 0 Å². The molecule has 0 aliphatic carbocycles. The van der Waals surface area contributed by atoms with Crippen molar-refractivity contribution in [1.29, 1.82) is 0 Å². The van der Waals surface area contributed by atoms with Crippen LogP contribution in [0.3, 0.4) is 0 Å². The normalized spacial score (nSPS) is 22.3. The van der Waals surface area contributed by atoms with Gasteiger partial charge in [-0.1, -0.05) is 23.9 Å². The molecule has 6 heteroatoms. The van der Waals surface area contributed by atoms with Crippen LogP contribution in [-0.2, 0) is 11.2 Å². The van der Waals surface area contributed by atoms with Crippen molar-refractivity contribution in [2.45, 2.75) is 32.1 Å². The molecule has 0 aromatic heterocycles. The average molecular weight is 373 g/mol. The molecule has 138 valence electrons. The second kappa shape index (κ2) is 7.82. The average Bonchev–Trinajstić information content (AvgIpc) is 3.27. The van der Waals surface area contributed by atoms with Crippen LogP contribution in [0.5, 0.6) is 0 Å². The third-order valence-electron chi connectivity index (χ3n) is 5.41. The maximum atomic E-state index is 13.0. The summed E-state index contributed by atoms with van der Waals surface area (Å²) in [4.78, 5) is 21.4. The summed E-state index contributed by atoms with van der Waals surface area (Å²) in [6.45, 7) is 3.46. The van der Waals surface area contributed by atoms with Gasteiger partial charge >= 0.3 is 0 Å². The van der Waals surface area contributed by atoms with Gasteiger partial charge in [-0.25, -0.2) is 4.39 Å². The van der Waals surface area contributed by atoms with E-state index in [1.807, 2.05) is 17.0 Å². The molecule has 3 aliphatic heterocycles. The maximum absolute atomic E-state index is 13.0. The van der Waals surface area contributed by atoms with Crippen LogP contribution in [-0.4, -0.2) is 47.1 Å². The van der Waals surface area contributed by atoms with Crippen LogP contribution < -0.4 is 0 Å². The largest absolute Gasteiger partial charge is 0.342 e. The van der Waals surface area contributed by atoms with Crippen LogP contribution in [0, 0.1) is 11.7 Å². The Morgan fingerprint density at radius 2 is 2.12 bits per heavy atom. The Labute approximate surface area is 158 Å². The van der Waals surface area contributed by atoms with Crippen molar-refractivity contribution in [3.63, 3.8) is 0 Å². The number of amides is 1. The molecule has 0 radical (unpaired) electrons. The topological polar surface area (TPSA) is 35.9 Å². The fourth-order valence-electron chi connectivity index (χ4n) is 3.93. The quantitative estimate of drug-likeness (QED) is 0.790. The number of hydrogen-bond donors (Lipinski definition) is 0. The third kappa shape index (κ3) is 3.95. The Morgan fingerprint density at radius 3 is 2.96 bits per heavy atom. The molecule has 4 rings (SSSR count). The number of hydrogen-bond acceptors (Lipinski definition) is 4. The number of likely N-dealkylation sites (tertiary alicyclic amines) is 1. The Hall–Kier alpha value is -1.82. The number of piperidine rings is 1. The lowest BCUT2D eigenvalue weighted by molar-refractivity contribution is -0.132. The number of nitrogens with zero attached hydrogens (tertiary/aromatic N) is 3. The Kier molecular flexibility index (Phi) is 5.29. The first-order valence-electron chi connectivity index (χ1n) is 9.39. The minimum Gasteiger partial charge on any atom is -0.342 e. The van der Waals surface area contributed by atoms with Gasteiger partial charge < -0.3 is 9.80 Å². The second-order valence-corrected chi connectivity index (χ2v) is 8.07. The van der Waals surface area contributed by atoms with Crippen LogP contribution in [0.2, 0.25) is 0 Å². The molecular formula is C20H24FN3OS. The van der Waals surface area contributed by atoms with Crippen LogP contribution in [0.4, 0.5) is 4.39 Å². The van der Waals surface area contributed by atoms with Gasteiger partial charge in [0.05, 0.1) is 13.0 Å². The van der Waals surface area contributed by atoms with E-state index in [4.69, 9.17) is 0 Å². The van der Waals surface area contributed by atoms with Crippen LogP contribution in [0.25, 0.3) is 0 Å². The SMILES string of the molecule is O=C(CC1=CSC2=NCCN12)N1CCCC(CCc2ccc(F)cc2)C1. The molecule has 1 amide bonds. The summed E-state index contributed by atoms with van der Waals surface area (Å²) < 4.78 is 13.0. The molecule has 0 bridgehead atoms. The van der Waals surface area contributed by atoms with E-state index in [1.165, 1.54) is 24.1 Å². The van der Waals surface area contributed by atoms with Gasteiger partial charge in [0.1, 0.15) is 5.82 Å². The van der Waals surface area contributed by atoms with Crippen molar-refractivity contribution in [2.24, 2.45) is 10.9 Å². The zero-order valence-corrected chi connectivity index (χ0v) is 15.7. The molecule has 4 nitrogen and oxygen atoms in total. The van der Waals surface area contributed by atoms with Gasteiger partial charge in [-0.3, -0.25) is 9.79 Å². The number of carbonyl (C=O) groups is 1. The fraction of sp³-hybridized carbons (Fsp3) is 0.500. The van der Waals surface area contributed by atoms with Crippen LogP contribution in [0.1, 0.15) is 31.2 Å². The number of halogens is 1. The summed E-state index contributed by atoms with van der Waals surface area (Å²) in [7, 11) is 0. The smallest absolute Gasteiger partial charge is 0.228 e. The monoisotopic (exact) mass is 373 g/mol. The molecule has 1 atom stereocenters. The molecule has 0 N–H and O–H groups in total. The first kappa shape index (κ1) is 17.6. The summed E-state index contributed by atoms with van der Waals surface area (Å²) in [5.74, 6) is 0.582. The standard InChI is InChI=1S/C20H24FN3OS/c21-17-7-5-15(6-8-17)3-4-16-2-1-10-23(13-16)19(25)12-18-14-26-20-22-9-11-24(18)20/h5-8,14,16H,1-4,9-13H2. The lowest BCUT2D eigenvalue weighted by Crippen LogP contribution is -2.40. The molecule has 1 saturated heterocycles. The van der Waals surface area contributed by atoms with Crippen molar-refractivity contribution in [2.75, 3.05) is 26.2 Å². The summed E-state index contributed by atoms with van der Waals surface area (Å²) in [6.07, 6.45) is 4.73.